The molecule has 3 aromatic heterocycles. The highest BCUT2D eigenvalue weighted by Crippen LogP contribution is 2.30. The lowest BCUT2D eigenvalue weighted by molar-refractivity contribution is 0.415. The lowest BCUT2D eigenvalue weighted by Gasteiger charge is -2.06. The lowest BCUT2D eigenvalue weighted by atomic mass is 10.1. The highest BCUT2D eigenvalue weighted by Gasteiger charge is 2.15. The Morgan fingerprint density at radius 2 is 1.89 bits per heavy atom. The molecule has 0 fully saturated rings. The molecule has 0 unspecified atom stereocenters. The van der Waals surface area contributed by atoms with E-state index in [2.05, 4.69) is 4.98 Å². The third-order valence-electron chi connectivity index (χ3n) is 4.55. The van der Waals surface area contributed by atoms with E-state index >= 15 is 0 Å². The third kappa shape index (κ3) is 2.41. The van der Waals surface area contributed by atoms with Crippen molar-refractivity contribution in [3.63, 3.8) is 0 Å². The second-order valence-electron chi connectivity index (χ2n) is 6.04. The molecule has 0 N–H and O–H groups in total. The molecular formula is C20H12ClN3O2S. The van der Waals surface area contributed by atoms with Gasteiger partial charge in [-0.1, -0.05) is 23.7 Å². The predicted octanol–water partition coefficient (Wildman–Crippen LogP) is 4.79. The minimum Gasteiger partial charge on any atom is -0.497 e. The first kappa shape index (κ1) is 16.2. The molecule has 0 aliphatic rings. The van der Waals surface area contributed by atoms with Crippen molar-refractivity contribution in [1.82, 2.24) is 14.4 Å². The molecule has 5 nitrogen and oxygen atoms in total. The van der Waals surface area contributed by atoms with Gasteiger partial charge in [0.15, 0.2) is 4.96 Å². The van der Waals surface area contributed by atoms with Gasteiger partial charge in [-0.15, -0.1) is 11.3 Å². The lowest BCUT2D eigenvalue weighted by Crippen LogP contribution is -2.15. The maximum atomic E-state index is 13.2. The number of halogens is 1. The molecule has 2 aromatic carbocycles. The predicted molar refractivity (Wildman–Crippen MR) is 109 cm³/mol. The van der Waals surface area contributed by atoms with Crippen LogP contribution in [0.4, 0.5) is 0 Å². The van der Waals surface area contributed by atoms with Crippen LogP contribution in [-0.4, -0.2) is 21.5 Å². The van der Waals surface area contributed by atoms with Gasteiger partial charge in [-0.3, -0.25) is 14.2 Å². The van der Waals surface area contributed by atoms with E-state index in [9.17, 15) is 4.79 Å². The van der Waals surface area contributed by atoms with Crippen molar-refractivity contribution in [2.45, 2.75) is 0 Å². The van der Waals surface area contributed by atoms with Crippen molar-refractivity contribution in [3.8, 4) is 17.0 Å². The topological polar surface area (TPSA) is 56.5 Å². The molecule has 0 aliphatic carbocycles. The highest BCUT2D eigenvalue weighted by atomic mass is 35.5. The summed E-state index contributed by atoms with van der Waals surface area (Å²) in [6.45, 7) is 0. The number of hydrogen-bond donors (Lipinski definition) is 0. The first-order chi connectivity index (χ1) is 13.2. The minimum absolute atomic E-state index is 0.142. The first-order valence-electron chi connectivity index (χ1n) is 8.19. The number of benzene rings is 2. The smallest absolute Gasteiger partial charge is 0.268 e. The van der Waals surface area contributed by atoms with E-state index in [0.717, 1.165) is 22.4 Å². The second kappa shape index (κ2) is 6.04. The SMILES string of the molecule is COc1ccc(-c2csc3nc4c(cnc5c(Cl)cccc54)c(=O)n23)cc1. The van der Waals surface area contributed by atoms with Crippen LogP contribution < -0.4 is 10.3 Å². The normalized spacial score (nSPS) is 11.5. The molecule has 0 aliphatic heterocycles. The standard InChI is InChI=1S/C20H12ClN3O2S/c1-26-12-7-5-11(6-8-12)16-10-27-20-23-17-13-3-2-4-15(21)18(13)22-9-14(17)19(25)24(16)20/h2-10H,1H3. The van der Waals surface area contributed by atoms with Crippen LogP contribution in [0, 0.1) is 0 Å². The summed E-state index contributed by atoms with van der Waals surface area (Å²) in [5.74, 6) is 0.766. The van der Waals surface area contributed by atoms with Gasteiger partial charge in [0, 0.05) is 17.0 Å². The van der Waals surface area contributed by atoms with E-state index in [-0.39, 0.29) is 5.56 Å². The Morgan fingerprint density at radius 3 is 2.67 bits per heavy atom. The number of fused-ring (bicyclic) bond motifs is 4. The molecule has 132 valence electrons. The average molecular weight is 394 g/mol. The van der Waals surface area contributed by atoms with E-state index in [0.29, 0.717) is 26.4 Å². The number of hydrogen-bond acceptors (Lipinski definition) is 5. The summed E-state index contributed by atoms with van der Waals surface area (Å²) >= 11 is 7.67. The fourth-order valence-electron chi connectivity index (χ4n) is 3.21. The maximum absolute atomic E-state index is 13.2. The van der Waals surface area contributed by atoms with Gasteiger partial charge in [0.1, 0.15) is 5.75 Å². The van der Waals surface area contributed by atoms with Crippen LogP contribution in [0.15, 0.2) is 58.8 Å². The summed E-state index contributed by atoms with van der Waals surface area (Å²) in [6.07, 6.45) is 1.56. The number of nitrogens with zero attached hydrogens (tertiary/aromatic N) is 3. The van der Waals surface area contributed by atoms with Gasteiger partial charge in [0.2, 0.25) is 0 Å². The van der Waals surface area contributed by atoms with Crippen molar-refractivity contribution >= 4 is 49.7 Å². The van der Waals surface area contributed by atoms with E-state index in [1.807, 2.05) is 41.8 Å². The van der Waals surface area contributed by atoms with Crippen LogP contribution in [0.1, 0.15) is 0 Å². The summed E-state index contributed by atoms with van der Waals surface area (Å²) in [4.78, 5) is 23.0. The fraction of sp³-hybridized carbons (Fsp3) is 0.0500. The maximum Gasteiger partial charge on any atom is 0.268 e. The Bertz CT molecular complexity index is 1390. The summed E-state index contributed by atoms with van der Waals surface area (Å²) < 4.78 is 6.84. The zero-order valence-electron chi connectivity index (χ0n) is 14.1. The number of pyridine rings is 1. The number of para-hydroxylation sites is 1. The number of ether oxygens (including phenoxy) is 1. The molecule has 27 heavy (non-hydrogen) atoms. The summed E-state index contributed by atoms with van der Waals surface area (Å²) in [7, 11) is 1.62. The van der Waals surface area contributed by atoms with Gasteiger partial charge in [0.05, 0.1) is 34.2 Å². The van der Waals surface area contributed by atoms with Gasteiger partial charge in [0.25, 0.3) is 5.56 Å². The molecular weight excluding hydrogens is 382 g/mol. The number of rotatable bonds is 2. The average Bonchev–Trinajstić information content (AvgIpc) is 3.13. The Balaban J connectivity index is 1.84. The summed E-state index contributed by atoms with van der Waals surface area (Å²) in [5, 5.41) is 3.73. The molecule has 0 radical (unpaired) electrons. The van der Waals surface area contributed by atoms with Crippen molar-refractivity contribution in [2.75, 3.05) is 7.11 Å². The molecule has 0 atom stereocenters. The minimum atomic E-state index is -0.142. The molecule has 0 saturated heterocycles. The Kier molecular flexibility index (Phi) is 3.63. The van der Waals surface area contributed by atoms with Crippen LogP contribution in [0.3, 0.4) is 0 Å². The van der Waals surface area contributed by atoms with Crippen LogP contribution in [0.5, 0.6) is 5.75 Å². The van der Waals surface area contributed by atoms with E-state index in [4.69, 9.17) is 21.3 Å². The molecule has 7 heteroatoms. The zero-order valence-corrected chi connectivity index (χ0v) is 15.7. The van der Waals surface area contributed by atoms with Crippen LogP contribution in [0.25, 0.3) is 38.0 Å². The Morgan fingerprint density at radius 1 is 1.07 bits per heavy atom. The van der Waals surface area contributed by atoms with Gasteiger partial charge in [-0.2, -0.15) is 0 Å². The van der Waals surface area contributed by atoms with Gasteiger partial charge in [-0.05, 0) is 35.9 Å². The molecule has 0 spiro atoms. The Labute approximate surface area is 162 Å². The van der Waals surface area contributed by atoms with Gasteiger partial charge in [-0.25, -0.2) is 4.98 Å². The molecule has 0 amide bonds. The second-order valence-corrected chi connectivity index (χ2v) is 7.28. The van der Waals surface area contributed by atoms with E-state index < -0.39 is 0 Å². The molecule has 5 rings (SSSR count). The molecule has 5 aromatic rings. The van der Waals surface area contributed by atoms with Crippen LogP contribution >= 0.6 is 22.9 Å². The number of thiazole rings is 1. The molecule has 0 saturated carbocycles. The van der Waals surface area contributed by atoms with E-state index in [1.165, 1.54) is 11.3 Å². The quantitative estimate of drug-likeness (QED) is 0.405. The monoisotopic (exact) mass is 393 g/mol. The number of aromatic nitrogens is 3. The number of methoxy groups -OCH3 is 1. The summed E-state index contributed by atoms with van der Waals surface area (Å²) in [5.41, 5.74) is 2.84. The zero-order chi connectivity index (χ0) is 18.5. The van der Waals surface area contributed by atoms with Crippen LogP contribution in [0.2, 0.25) is 5.02 Å². The Hall–Kier alpha value is -2.96. The summed E-state index contributed by atoms with van der Waals surface area (Å²) in [6, 6.07) is 13.1. The highest BCUT2D eigenvalue weighted by molar-refractivity contribution is 7.15. The van der Waals surface area contributed by atoms with Gasteiger partial charge < -0.3 is 4.74 Å². The molecule has 3 heterocycles. The van der Waals surface area contributed by atoms with Crippen LogP contribution in [-0.2, 0) is 0 Å². The van der Waals surface area contributed by atoms with Crippen molar-refractivity contribution in [1.29, 1.82) is 0 Å². The van der Waals surface area contributed by atoms with Crippen molar-refractivity contribution in [2.24, 2.45) is 0 Å². The fourth-order valence-corrected chi connectivity index (χ4v) is 4.33. The first-order valence-corrected chi connectivity index (χ1v) is 9.45. The van der Waals surface area contributed by atoms with Gasteiger partial charge >= 0.3 is 0 Å². The molecule has 0 bridgehead atoms. The van der Waals surface area contributed by atoms with Crippen molar-refractivity contribution < 1.29 is 4.74 Å². The van der Waals surface area contributed by atoms with Crippen molar-refractivity contribution in [3.05, 3.63) is 69.4 Å². The largest absolute Gasteiger partial charge is 0.497 e. The van der Waals surface area contributed by atoms with E-state index in [1.54, 1.807) is 23.8 Å². The third-order valence-corrected chi connectivity index (χ3v) is 5.69.